The fourth-order valence-corrected chi connectivity index (χ4v) is 1.61. The SMILES string of the molecule is C#Cc1ccncc1-c1cccc(OC)c1F. The summed E-state index contributed by atoms with van der Waals surface area (Å²) in [5, 5.41) is 0. The molecule has 0 atom stereocenters. The quantitative estimate of drug-likeness (QED) is 0.736. The van der Waals surface area contributed by atoms with Gasteiger partial charge in [0.1, 0.15) is 0 Å². The van der Waals surface area contributed by atoms with Crippen molar-refractivity contribution in [2.24, 2.45) is 0 Å². The number of hydrogen-bond acceptors (Lipinski definition) is 2. The Morgan fingerprint density at radius 1 is 1.29 bits per heavy atom. The van der Waals surface area contributed by atoms with Crippen LogP contribution in [0.3, 0.4) is 0 Å². The monoisotopic (exact) mass is 227 g/mol. The Balaban J connectivity index is 2.65. The van der Waals surface area contributed by atoms with Crippen molar-refractivity contribution in [2.75, 3.05) is 7.11 Å². The Morgan fingerprint density at radius 3 is 2.82 bits per heavy atom. The number of terminal acetylenes is 1. The summed E-state index contributed by atoms with van der Waals surface area (Å²) in [5.74, 6) is 2.27. The molecule has 0 saturated carbocycles. The van der Waals surface area contributed by atoms with E-state index in [1.165, 1.54) is 7.11 Å². The molecule has 2 aromatic rings. The van der Waals surface area contributed by atoms with Crippen LogP contribution in [0.15, 0.2) is 36.7 Å². The lowest BCUT2D eigenvalue weighted by molar-refractivity contribution is 0.387. The van der Waals surface area contributed by atoms with Crippen molar-refractivity contribution in [2.45, 2.75) is 0 Å². The smallest absolute Gasteiger partial charge is 0.172 e. The Morgan fingerprint density at radius 2 is 2.12 bits per heavy atom. The molecule has 0 saturated heterocycles. The van der Waals surface area contributed by atoms with Crippen molar-refractivity contribution < 1.29 is 9.13 Å². The third-order valence-corrected chi connectivity index (χ3v) is 2.45. The van der Waals surface area contributed by atoms with E-state index >= 15 is 0 Å². The van der Waals surface area contributed by atoms with E-state index in [9.17, 15) is 4.39 Å². The van der Waals surface area contributed by atoms with E-state index in [1.807, 2.05) is 0 Å². The first-order chi connectivity index (χ1) is 8.27. The van der Waals surface area contributed by atoms with Gasteiger partial charge in [0, 0.05) is 29.1 Å². The Kier molecular flexibility index (Phi) is 3.06. The molecule has 0 N–H and O–H groups in total. The van der Waals surface area contributed by atoms with Gasteiger partial charge in [0.25, 0.3) is 0 Å². The number of aromatic nitrogens is 1. The molecule has 0 bridgehead atoms. The summed E-state index contributed by atoms with van der Waals surface area (Å²) in [6.45, 7) is 0. The first kappa shape index (κ1) is 11.2. The Bertz CT molecular complexity index is 587. The minimum Gasteiger partial charge on any atom is -0.494 e. The lowest BCUT2D eigenvalue weighted by atomic mass is 10.0. The zero-order valence-electron chi connectivity index (χ0n) is 9.27. The second kappa shape index (κ2) is 4.67. The molecule has 0 aliphatic heterocycles. The van der Waals surface area contributed by atoms with Gasteiger partial charge < -0.3 is 4.74 Å². The highest BCUT2D eigenvalue weighted by molar-refractivity contribution is 5.71. The minimum atomic E-state index is -0.431. The van der Waals surface area contributed by atoms with Crippen molar-refractivity contribution in [1.82, 2.24) is 4.98 Å². The molecule has 0 aliphatic rings. The molecule has 0 aliphatic carbocycles. The topological polar surface area (TPSA) is 22.1 Å². The number of rotatable bonds is 2. The van der Waals surface area contributed by atoms with E-state index in [4.69, 9.17) is 11.2 Å². The van der Waals surface area contributed by atoms with Crippen molar-refractivity contribution >= 4 is 0 Å². The van der Waals surface area contributed by atoms with Gasteiger partial charge in [-0.05, 0) is 12.1 Å². The summed E-state index contributed by atoms with van der Waals surface area (Å²) in [4.78, 5) is 3.96. The van der Waals surface area contributed by atoms with Gasteiger partial charge in [0.05, 0.1) is 7.11 Å². The van der Waals surface area contributed by atoms with Gasteiger partial charge in [-0.3, -0.25) is 4.98 Å². The number of halogens is 1. The standard InChI is InChI=1S/C14H10FNO/c1-3-10-7-8-16-9-12(10)11-5-4-6-13(17-2)14(11)15/h1,4-9H,2H3. The van der Waals surface area contributed by atoms with E-state index in [1.54, 1.807) is 36.7 Å². The largest absolute Gasteiger partial charge is 0.494 e. The maximum absolute atomic E-state index is 14.1. The maximum atomic E-state index is 14.1. The molecule has 0 amide bonds. The molecule has 0 fully saturated rings. The van der Waals surface area contributed by atoms with Crippen molar-refractivity contribution in [3.63, 3.8) is 0 Å². The number of hydrogen-bond donors (Lipinski definition) is 0. The van der Waals surface area contributed by atoms with Crippen molar-refractivity contribution in [1.29, 1.82) is 0 Å². The second-order valence-corrected chi connectivity index (χ2v) is 3.39. The lowest BCUT2D eigenvalue weighted by Crippen LogP contribution is -1.93. The summed E-state index contributed by atoms with van der Waals surface area (Å²) >= 11 is 0. The maximum Gasteiger partial charge on any atom is 0.172 e. The van der Waals surface area contributed by atoms with E-state index in [0.717, 1.165) is 0 Å². The fraction of sp³-hybridized carbons (Fsp3) is 0.0714. The second-order valence-electron chi connectivity index (χ2n) is 3.39. The Labute approximate surface area is 99.1 Å². The minimum absolute atomic E-state index is 0.189. The van der Waals surface area contributed by atoms with Gasteiger partial charge in [0.15, 0.2) is 11.6 Å². The zero-order valence-corrected chi connectivity index (χ0v) is 9.27. The van der Waals surface area contributed by atoms with Crippen LogP contribution in [-0.4, -0.2) is 12.1 Å². The molecule has 1 heterocycles. The van der Waals surface area contributed by atoms with Crippen LogP contribution in [0.1, 0.15) is 5.56 Å². The van der Waals surface area contributed by atoms with Crippen LogP contribution in [0.5, 0.6) is 5.75 Å². The number of ether oxygens (including phenoxy) is 1. The summed E-state index contributed by atoms with van der Waals surface area (Å²) < 4.78 is 19.0. The van der Waals surface area contributed by atoms with Crippen LogP contribution in [0.4, 0.5) is 4.39 Å². The third-order valence-electron chi connectivity index (χ3n) is 2.45. The molecular formula is C14H10FNO. The molecule has 1 aromatic carbocycles. The molecule has 0 unspecified atom stereocenters. The molecule has 17 heavy (non-hydrogen) atoms. The third kappa shape index (κ3) is 1.98. The van der Waals surface area contributed by atoms with Crippen LogP contribution in [-0.2, 0) is 0 Å². The highest BCUT2D eigenvalue weighted by Gasteiger charge is 2.12. The highest BCUT2D eigenvalue weighted by Crippen LogP contribution is 2.30. The molecule has 84 valence electrons. The van der Waals surface area contributed by atoms with E-state index < -0.39 is 5.82 Å². The van der Waals surface area contributed by atoms with Crippen molar-refractivity contribution in [3.8, 4) is 29.2 Å². The first-order valence-corrected chi connectivity index (χ1v) is 5.01. The molecule has 2 nitrogen and oxygen atoms in total. The highest BCUT2D eigenvalue weighted by atomic mass is 19.1. The van der Waals surface area contributed by atoms with E-state index in [-0.39, 0.29) is 5.75 Å². The molecule has 2 rings (SSSR count). The van der Waals surface area contributed by atoms with Gasteiger partial charge in [-0.25, -0.2) is 4.39 Å². The van der Waals surface area contributed by atoms with Gasteiger partial charge in [0.2, 0.25) is 0 Å². The molecule has 0 spiro atoms. The number of methoxy groups -OCH3 is 1. The molecular weight excluding hydrogens is 217 g/mol. The molecule has 0 radical (unpaired) electrons. The number of benzene rings is 1. The van der Waals surface area contributed by atoms with Gasteiger partial charge in [-0.1, -0.05) is 18.1 Å². The van der Waals surface area contributed by atoms with Crippen LogP contribution in [0.25, 0.3) is 11.1 Å². The number of nitrogens with zero attached hydrogens (tertiary/aromatic N) is 1. The predicted octanol–water partition coefficient (Wildman–Crippen LogP) is 2.88. The van der Waals surface area contributed by atoms with Crippen molar-refractivity contribution in [3.05, 3.63) is 48.0 Å². The zero-order chi connectivity index (χ0) is 12.3. The number of pyridine rings is 1. The summed E-state index contributed by atoms with van der Waals surface area (Å²) in [6.07, 6.45) is 8.51. The van der Waals surface area contributed by atoms with Crippen LogP contribution in [0, 0.1) is 18.2 Å². The average molecular weight is 227 g/mol. The van der Waals surface area contributed by atoms with E-state index in [2.05, 4.69) is 10.9 Å². The predicted molar refractivity (Wildman–Crippen MR) is 64.1 cm³/mol. The molecule has 1 aromatic heterocycles. The summed E-state index contributed by atoms with van der Waals surface area (Å²) in [7, 11) is 1.42. The normalized spacial score (nSPS) is 9.71. The van der Waals surface area contributed by atoms with Crippen LogP contribution in [0.2, 0.25) is 0 Å². The Hall–Kier alpha value is -2.34. The lowest BCUT2D eigenvalue weighted by Gasteiger charge is -2.08. The van der Waals surface area contributed by atoms with Gasteiger partial charge in [-0.15, -0.1) is 6.42 Å². The van der Waals surface area contributed by atoms with Crippen LogP contribution >= 0.6 is 0 Å². The molecule has 3 heteroatoms. The average Bonchev–Trinajstić information content (AvgIpc) is 2.39. The first-order valence-electron chi connectivity index (χ1n) is 5.01. The van der Waals surface area contributed by atoms with Crippen LogP contribution < -0.4 is 4.74 Å². The summed E-state index contributed by atoms with van der Waals surface area (Å²) in [6, 6.07) is 6.60. The van der Waals surface area contributed by atoms with E-state index in [0.29, 0.717) is 16.7 Å². The van der Waals surface area contributed by atoms with Gasteiger partial charge in [-0.2, -0.15) is 0 Å². The van der Waals surface area contributed by atoms with Gasteiger partial charge >= 0.3 is 0 Å². The fourth-order valence-electron chi connectivity index (χ4n) is 1.61. The summed E-state index contributed by atoms with van der Waals surface area (Å²) in [5.41, 5.74) is 1.59.